The SMILES string of the molecule is COCC1OCOc2cc3ccc(-c4ccc(C(=O)O)cc4)cc3cc2CCC2CC3CCCC(C2)C31. The zero-order chi connectivity index (χ0) is 25.4. The van der Waals surface area contributed by atoms with E-state index in [1.54, 1.807) is 19.2 Å². The molecule has 3 aromatic rings. The summed E-state index contributed by atoms with van der Waals surface area (Å²) in [5.74, 6) is 2.84. The van der Waals surface area contributed by atoms with Crippen molar-refractivity contribution in [3.63, 3.8) is 0 Å². The molecule has 4 aliphatic rings. The number of aromatic carboxylic acids is 1. The van der Waals surface area contributed by atoms with Gasteiger partial charge in [0, 0.05) is 7.11 Å². The van der Waals surface area contributed by atoms with Crippen LogP contribution in [0.1, 0.15) is 54.4 Å². The van der Waals surface area contributed by atoms with E-state index in [4.69, 9.17) is 14.2 Å². The third kappa shape index (κ3) is 4.99. The maximum absolute atomic E-state index is 11.2. The molecule has 5 nitrogen and oxygen atoms in total. The van der Waals surface area contributed by atoms with Crippen molar-refractivity contribution in [3.8, 4) is 16.9 Å². The fraction of sp³-hybridized carbons (Fsp3) is 0.469. The van der Waals surface area contributed by atoms with Gasteiger partial charge >= 0.3 is 5.97 Å². The maximum Gasteiger partial charge on any atom is 0.335 e. The first-order chi connectivity index (χ1) is 18.1. The Bertz CT molecular complexity index is 1250. The molecule has 0 spiro atoms. The van der Waals surface area contributed by atoms with E-state index in [1.807, 2.05) is 12.1 Å². The summed E-state index contributed by atoms with van der Waals surface area (Å²) < 4.78 is 18.3. The summed E-state index contributed by atoms with van der Waals surface area (Å²) in [5, 5.41) is 11.5. The van der Waals surface area contributed by atoms with Crippen LogP contribution in [0, 0.1) is 23.7 Å². The topological polar surface area (TPSA) is 65.0 Å². The first-order valence-electron chi connectivity index (χ1n) is 13.7. The fourth-order valence-corrected chi connectivity index (χ4v) is 7.38. The van der Waals surface area contributed by atoms with Crippen LogP contribution in [0.4, 0.5) is 0 Å². The van der Waals surface area contributed by atoms with Crippen molar-refractivity contribution in [1.29, 1.82) is 0 Å². The van der Waals surface area contributed by atoms with Crippen LogP contribution in [0.5, 0.6) is 5.75 Å². The molecule has 4 bridgehead atoms. The number of carbonyl (C=O) groups is 1. The third-order valence-corrected chi connectivity index (χ3v) is 9.07. The van der Waals surface area contributed by atoms with Crippen LogP contribution >= 0.6 is 0 Å². The highest BCUT2D eigenvalue weighted by Crippen LogP contribution is 2.50. The normalized spacial score (nSPS) is 27.5. The number of carboxylic acids is 1. The van der Waals surface area contributed by atoms with Crippen molar-refractivity contribution in [3.05, 3.63) is 65.7 Å². The third-order valence-electron chi connectivity index (χ3n) is 9.07. The minimum absolute atomic E-state index is 0.0969. The summed E-state index contributed by atoms with van der Waals surface area (Å²) in [5.41, 5.74) is 3.63. The Morgan fingerprint density at radius 2 is 1.70 bits per heavy atom. The van der Waals surface area contributed by atoms with Crippen molar-refractivity contribution in [2.75, 3.05) is 20.5 Å². The molecule has 194 valence electrons. The highest BCUT2D eigenvalue weighted by molar-refractivity contribution is 5.91. The van der Waals surface area contributed by atoms with E-state index in [0.29, 0.717) is 18.1 Å². The Morgan fingerprint density at radius 1 is 0.946 bits per heavy atom. The predicted octanol–water partition coefficient (Wildman–Crippen LogP) is 6.96. The smallest absolute Gasteiger partial charge is 0.335 e. The zero-order valence-corrected chi connectivity index (χ0v) is 21.5. The summed E-state index contributed by atoms with van der Waals surface area (Å²) in [4.78, 5) is 11.2. The second kappa shape index (κ2) is 10.5. The molecule has 3 atom stereocenters. The Morgan fingerprint density at radius 3 is 2.43 bits per heavy atom. The summed E-state index contributed by atoms with van der Waals surface area (Å²) in [6, 6.07) is 17.9. The van der Waals surface area contributed by atoms with E-state index in [2.05, 4.69) is 30.3 Å². The van der Waals surface area contributed by atoms with Gasteiger partial charge in [-0.2, -0.15) is 0 Å². The molecule has 0 radical (unpaired) electrons. The number of benzene rings is 3. The molecular weight excluding hydrogens is 464 g/mol. The van der Waals surface area contributed by atoms with Crippen molar-refractivity contribution in [1.82, 2.24) is 0 Å². The quantitative estimate of drug-likeness (QED) is 0.419. The van der Waals surface area contributed by atoms with Gasteiger partial charge in [0.2, 0.25) is 0 Å². The van der Waals surface area contributed by atoms with Gasteiger partial charge in [0.05, 0.1) is 18.3 Å². The summed E-state index contributed by atoms with van der Waals surface area (Å²) in [7, 11) is 1.78. The molecule has 0 aromatic heterocycles. The van der Waals surface area contributed by atoms with Gasteiger partial charge in [0.1, 0.15) is 5.75 Å². The number of carboxylic acid groups (broad SMARTS) is 1. The molecule has 0 saturated heterocycles. The minimum atomic E-state index is -0.906. The van der Waals surface area contributed by atoms with Gasteiger partial charge in [-0.05, 0) is 107 Å². The van der Waals surface area contributed by atoms with Crippen molar-refractivity contribution >= 4 is 16.7 Å². The van der Waals surface area contributed by atoms with Crippen LogP contribution in [0.2, 0.25) is 0 Å². The molecule has 2 fully saturated rings. The molecule has 37 heavy (non-hydrogen) atoms. The molecule has 0 amide bonds. The molecule has 3 unspecified atom stereocenters. The predicted molar refractivity (Wildman–Crippen MR) is 144 cm³/mol. The molecule has 2 aliphatic heterocycles. The second-order valence-electron chi connectivity index (χ2n) is 11.2. The van der Waals surface area contributed by atoms with Gasteiger partial charge in [0.15, 0.2) is 6.79 Å². The van der Waals surface area contributed by atoms with Crippen molar-refractivity contribution < 1.29 is 24.1 Å². The van der Waals surface area contributed by atoms with E-state index >= 15 is 0 Å². The number of methoxy groups -OCH3 is 1. The Balaban J connectivity index is 1.31. The lowest BCUT2D eigenvalue weighted by molar-refractivity contribution is -0.132. The largest absolute Gasteiger partial charge is 0.478 e. The molecule has 2 saturated carbocycles. The molecule has 3 aromatic carbocycles. The maximum atomic E-state index is 11.2. The number of rotatable bonds is 4. The lowest BCUT2D eigenvalue weighted by Gasteiger charge is -2.49. The number of hydrogen-bond acceptors (Lipinski definition) is 4. The Kier molecular flexibility index (Phi) is 6.92. The van der Waals surface area contributed by atoms with E-state index in [9.17, 15) is 9.90 Å². The van der Waals surface area contributed by atoms with Crippen LogP contribution in [-0.2, 0) is 15.9 Å². The van der Waals surface area contributed by atoms with Gasteiger partial charge < -0.3 is 19.3 Å². The number of aryl methyl sites for hydroxylation is 1. The number of fused-ring (bicyclic) bond motifs is 5. The van der Waals surface area contributed by atoms with Gasteiger partial charge in [-0.3, -0.25) is 0 Å². The van der Waals surface area contributed by atoms with Crippen LogP contribution in [-0.4, -0.2) is 37.7 Å². The number of hydrogen-bond donors (Lipinski definition) is 1. The molecule has 2 aliphatic carbocycles. The van der Waals surface area contributed by atoms with Crippen LogP contribution in [0.3, 0.4) is 0 Å². The fourth-order valence-electron chi connectivity index (χ4n) is 7.38. The minimum Gasteiger partial charge on any atom is -0.478 e. The van der Waals surface area contributed by atoms with E-state index < -0.39 is 5.97 Å². The van der Waals surface area contributed by atoms with Gasteiger partial charge in [-0.15, -0.1) is 0 Å². The monoisotopic (exact) mass is 500 g/mol. The lowest BCUT2D eigenvalue weighted by Crippen LogP contribution is -2.46. The molecule has 1 N–H and O–H groups in total. The highest BCUT2D eigenvalue weighted by atomic mass is 16.7. The first-order valence-corrected chi connectivity index (χ1v) is 13.7. The molecule has 2 heterocycles. The molecule has 7 rings (SSSR count). The Labute approximate surface area is 218 Å². The van der Waals surface area contributed by atoms with E-state index in [-0.39, 0.29) is 12.9 Å². The lowest BCUT2D eigenvalue weighted by atomic mass is 9.59. The van der Waals surface area contributed by atoms with Crippen LogP contribution < -0.4 is 4.74 Å². The molecular formula is C32H36O5. The Hall–Kier alpha value is -2.89. The van der Waals surface area contributed by atoms with E-state index in [0.717, 1.165) is 46.4 Å². The van der Waals surface area contributed by atoms with E-state index in [1.165, 1.54) is 49.5 Å². The zero-order valence-electron chi connectivity index (χ0n) is 21.5. The average molecular weight is 501 g/mol. The summed E-state index contributed by atoms with van der Waals surface area (Å²) in [6.07, 6.45) is 8.92. The van der Waals surface area contributed by atoms with Gasteiger partial charge in [-0.1, -0.05) is 43.5 Å². The van der Waals surface area contributed by atoms with Crippen molar-refractivity contribution in [2.24, 2.45) is 23.7 Å². The standard InChI is InChI=1S/C32H36O5/c1-35-18-30-31-26-3-2-4-27(31)14-20(13-26)5-6-25-16-28-15-23(21-7-9-22(10-8-21)32(33)34)11-12-24(28)17-29(25)36-19-37-30/h7-12,15-17,20,26-27,30-31H,2-6,13-14,18-19H2,1H3,(H,33,34). The summed E-state index contributed by atoms with van der Waals surface area (Å²) in [6.45, 7) is 0.881. The van der Waals surface area contributed by atoms with Crippen LogP contribution in [0.25, 0.3) is 21.9 Å². The highest BCUT2D eigenvalue weighted by Gasteiger charge is 2.44. The van der Waals surface area contributed by atoms with Gasteiger partial charge in [0.25, 0.3) is 0 Å². The van der Waals surface area contributed by atoms with Crippen molar-refractivity contribution in [2.45, 2.75) is 51.0 Å². The first kappa shape index (κ1) is 24.4. The van der Waals surface area contributed by atoms with Gasteiger partial charge in [-0.25, -0.2) is 4.79 Å². The summed E-state index contributed by atoms with van der Waals surface area (Å²) >= 11 is 0. The second-order valence-corrected chi connectivity index (χ2v) is 11.2. The number of ether oxygens (including phenoxy) is 3. The molecule has 5 heteroatoms. The van der Waals surface area contributed by atoms with Crippen LogP contribution in [0.15, 0.2) is 54.6 Å². The average Bonchev–Trinajstić information content (AvgIpc) is 2.90.